The number of halogens is 1. The standard InChI is InChI=1S/C15H19ClN2O2/c16-13-4-2-12(3-5-13)8-18-14(19)9-20-11-15(18)6-1-7-17-10-15/h2-5,17H,1,6-11H2. The summed E-state index contributed by atoms with van der Waals surface area (Å²) in [4.78, 5) is 14.3. The first-order valence-corrected chi connectivity index (χ1v) is 7.41. The summed E-state index contributed by atoms with van der Waals surface area (Å²) in [5.74, 6) is 0.0786. The van der Waals surface area contributed by atoms with E-state index >= 15 is 0 Å². The molecule has 2 fully saturated rings. The topological polar surface area (TPSA) is 41.6 Å². The van der Waals surface area contributed by atoms with E-state index in [1.165, 1.54) is 0 Å². The summed E-state index contributed by atoms with van der Waals surface area (Å²) in [6.45, 7) is 3.27. The Labute approximate surface area is 124 Å². The van der Waals surface area contributed by atoms with E-state index in [-0.39, 0.29) is 18.1 Å². The third-order valence-electron chi connectivity index (χ3n) is 4.17. The van der Waals surface area contributed by atoms with Crippen molar-refractivity contribution in [3.8, 4) is 0 Å². The Morgan fingerprint density at radius 1 is 1.35 bits per heavy atom. The van der Waals surface area contributed by atoms with Gasteiger partial charge in [-0.25, -0.2) is 0 Å². The van der Waals surface area contributed by atoms with Crippen LogP contribution in [0.3, 0.4) is 0 Å². The lowest BCUT2D eigenvalue weighted by atomic mass is 9.87. The number of morpholine rings is 1. The van der Waals surface area contributed by atoms with Crippen molar-refractivity contribution in [2.24, 2.45) is 0 Å². The van der Waals surface area contributed by atoms with Crippen LogP contribution in [0, 0.1) is 0 Å². The molecular formula is C15H19ClN2O2. The first-order valence-electron chi connectivity index (χ1n) is 7.03. The molecule has 1 N–H and O–H groups in total. The molecule has 1 amide bonds. The summed E-state index contributed by atoms with van der Waals surface area (Å²) in [6.07, 6.45) is 2.08. The highest BCUT2D eigenvalue weighted by Crippen LogP contribution is 2.29. The number of carbonyl (C=O) groups excluding carboxylic acids is 1. The van der Waals surface area contributed by atoms with Crippen LogP contribution in [0.4, 0.5) is 0 Å². The normalized spacial score (nSPS) is 27.1. The van der Waals surface area contributed by atoms with Crippen molar-refractivity contribution in [1.29, 1.82) is 0 Å². The van der Waals surface area contributed by atoms with E-state index in [4.69, 9.17) is 16.3 Å². The van der Waals surface area contributed by atoms with Crippen molar-refractivity contribution >= 4 is 17.5 Å². The molecule has 1 aromatic carbocycles. The maximum Gasteiger partial charge on any atom is 0.249 e. The molecule has 0 bridgehead atoms. The van der Waals surface area contributed by atoms with Crippen molar-refractivity contribution in [1.82, 2.24) is 10.2 Å². The molecule has 2 saturated heterocycles. The number of rotatable bonds is 2. The molecule has 0 aliphatic carbocycles. The van der Waals surface area contributed by atoms with E-state index in [9.17, 15) is 4.79 Å². The van der Waals surface area contributed by atoms with E-state index in [0.717, 1.165) is 36.5 Å². The third kappa shape index (κ3) is 2.68. The van der Waals surface area contributed by atoms with Gasteiger partial charge in [-0.2, -0.15) is 0 Å². The number of ether oxygens (including phenoxy) is 1. The molecule has 1 atom stereocenters. The lowest BCUT2D eigenvalue weighted by Crippen LogP contribution is -2.65. The average Bonchev–Trinajstić information content (AvgIpc) is 2.46. The molecule has 108 valence electrons. The Morgan fingerprint density at radius 3 is 2.85 bits per heavy atom. The van der Waals surface area contributed by atoms with Crippen molar-refractivity contribution in [3.05, 3.63) is 34.9 Å². The molecule has 4 nitrogen and oxygen atoms in total. The van der Waals surface area contributed by atoms with Crippen LogP contribution in [0.15, 0.2) is 24.3 Å². The zero-order chi connectivity index (χ0) is 14.0. The van der Waals surface area contributed by atoms with Gasteiger partial charge in [-0.05, 0) is 37.1 Å². The molecule has 1 spiro atoms. The summed E-state index contributed by atoms with van der Waals surface area (Å²) in [5.41, 5.74) is 0.919. The van der Waals surface area contributed by atoms with Gasteiger partial charge in [0.1, 0.15) is 6.61 Å². The Kier molecular flexibility index (Phi) is 3.96. The molecule has 1 unspecified atom stereocenters. The van der Waals surface area contributed by atoms with E-state index in [2.05, 4.69) is 5.32 Å². The maximum absolute atomic E-state index is 12.3. The van der Waals surface area contributed by atoms with Crippen LogP contribution >= 0.6 is 11.6 Å². The smallest absolute Gasteiger partial charge is 0.249 e. The molecule has 0 saturated carbocycles. The number of nitrogens with zero attached hydrogens (tertiary/aromatic N) is 1. The second kappa shape index (κ2) is 5.72. The molecule has 2 aliphatic rings. The molecule has 3 rings (SSSR count). The van der Waals surface area contributed by atoms with Gasteiger partial charge in [0, 0.05) is 18.1 Å². The average molecular weight is 295 g/mol. The number of nitrogens with one attached hydrogen (secondary N) is 1. The fourth-order valence-corrected chi connectivity index (χ4v) is 3.21. The molecule has 5 heteroatoms. The predicted octanol–water partition coefficient (Wildman–Crippen LogP) is 1.82. The monoisotopic (exact) mass is 294 g/mol. The molecule has 2 heterocycles. The molecule has 1 aromatic rings. The van der Waals surface area contributed by atoms with E-state index in [1.54, 1.807) is 0 Å². The lowest BCUT2D eigenvalue weighted by molar-refractivity contribution is -0.161. The Morgan fingerprint density at radius 2 is 2.15 bits per heavy atom. The number of hydrogen-bond acceptors (Lipinski definition) is 3. The summed E-state index contributed by atoms with van der Waals surface area (Å²) < 4.78 is 5.51. The van der Waals surface area contributed by atoms with Gasteiger partial charge in [-0.15, -0.1) is 0 Å². The van der Waals surface area contributed by atoms with Crippen molar-refractivity contribution in [3.63, 3.8) is 0 Å². The van der Waals surface area contributed by atoms with Gasteiger partial charge in [0.05, 0.1) is 12.1 Å². The van der Waals surface area contributed by atoms with Gasteiger partial charge in [0.15, 0.2) is 0 Å². The zero-order valence-corrected chi connectivity index (χ0v) is 12.2. The molecular weight excluding hydrogens is 276 g/mol. The van der Waals surface area contributed by atoms with Crippen molar-refractivity contribution in [2.75, 3.05) is 26.3 Å². The summed E-state index contributed by atoms with van der Waals surface area (Å²) in [6, 6.07) is 7.70. The molecule has 2 aliphatic heterocycles. The van der Waals surface area contributed by atoms with Crippen LogP contribution in [0.5, 0.6) is 0 Å². The maximum atomic E-state index is 12.3. The van der Waals surface area contributed by atoms with Crippen LogP contribution in [0.2, 0.25) is 5.02 Å². The van der Waals surface area contributed by atoms with Gasteiger partial charge in [-0.1, -0.05) is 23.7 Å². The second-order valence-electron chi connectivity index (χ2n) is 5.60. The van der Waals surface area contributed by atoms with Crippen LogP contribution in [-0.2, 0) is 16.1 Å². The Balaban J connectivity index is 1.82. The molecule has 20 heavy (non-hydrogen) atoms. The van der Waals surface area contributed by atoms with E-state index < -0.39 is 0 Å². The first-order chi connectivity index (χ1) is 9.70. The summed E-state index contributed by atoms with van der Waals surface area (Å²) in [7, 11) is 0. The quantitative estimate of drug-likeness (QED) is 0.905. The van der Waals surface area contributed by atoms with E-state index in [1.807, 2.05) is 29.2 Å². The minimum Gasteiger partial charge on any atom is -0.369 e. The van der Waals surface area contributed by atoms with E-state index in [0.29, 0.717) is 13.2 Å². The van der Waals surface area contributed by atoms with Crippen LogP contribution in [0.25, 0.3) is 0 Å². The van der Waals surface area contributed by atoms with Gasteiger partial charge in [0.25, 0.3) is 0 Å². The SMILES string of the molecule is O=C1COCC2(CCCNC2)N1Cc1ccc(Cl)cc1. The number of benzene rings is 1. The van der Waals surface area contributed by atoms with Crippen LogP contribution < -0.4 is 5.32 Å². The highest BCUT2D eigenvalue weighted by Gasteiger charge is 2.43. The van der Waals surface area contributed by atoms with Crippen molar-refractivity contribution < 1.29 is 9.53 Å². The lowest BCUT2D eigenvalue weighted by Gasteiger charge is -2.49. The van der Waals surface area contributed by atoms with Gasteiger partial charge in [-0.3, -0.25) is 4.79 Å². The largest absolute Gasteiger partial charge is 0.369 e. The van der Waals surface area contributed by atoms with Crippen molar-refractivity contribution in [2.45, 2.75) is 24.9 Å². The minimum absolute atomic E-state index is 0.0786. The Hall–Kier alpha value is -1.10. The number of carbonyl (C=O) groups is 1. The third-order valence-corrected chi connectivity index (χ3v) is 4.43. The minimum atomic E-state index is -0.187. The highest BCUT2D eigenvalue weighted by molar-refractivity contribution is 6.30. The Bertz CT molecular complexity index is 478. The summed E-state index contributed by atoms with van der Waals surface area (Å²) >= 11 is 5.91. The zero-order valence-electron chi connectivity index (χ0n) is 11.4. The number of hydrogen-bond donors (Lipinski definition) is 1. The summed E-state index contributed by atoms with van der Waals surface area (Å²) in [5, 5.41) is 4.11. The number of amides is 1. The van der Waals surface area contributed by atoms with Gasteiger partial charge in [0.2, 0.25) is 5.91 Å². The number of piperidine rings is 1. The fraction of sp³-hybridized carbons (Fsp3) is 0.533. The first kappa shape index (κ1) is 13.9. The predicted molar refractivity (Wildman–Crippen MR) is 77.7 cm³/mol. The highest BCUT2D eigenvalue weighted by atomic mass is 35.5. The fourth-order valence-electron chi connectivity index (χ4n) is 3.08. The second-order valence-corrected chi connectivity index (χ2v) is 6.04. The van der Waals surface area contributed by atoms with Gasteiger partial charge >= 0.3 is 0 Å². The molecule has 0 radical (unpaired) electrons. The van der Waals surface area contributed by atoms with Gasteiger partial charge < -0.3 is 15.0 Å². The van der Waals surface area contributed by atoms with Crippen LogP contribution in [0.1, 0.15) is 18.4 Å². The molecule has 0 aromatic heterocycles. The van der Waals surface area contributed by atoms with Crippen LogP contribution in [-0.4, -0.2) is 42.6 Å².